The SMILES string of the molecule is O=C1NCCN2CCN(C(=O)Nc3ccc(F)c(C(F)(F)F)c3)C[C@@H]12. The first-order valence-electron chi connectivity index (χ1n) is 7.70. The van der Waals surface area contributed by atoms with Gasteiger partial charge in [0.1, 0.15) is 11.9 Å². The van der Waals surface area contributed by atoms with E-state index in [9.17, 15) is 27.2 Å². The van der Waals surface area contributed by atoms with Gasteiger partial charge in [-0.1, -0.05) is 0 Å². The zero-order valence-corrected chi connectivity index (χ0v) is 13.1. The molecule has 0 bridgehead atoms. The Balaban J connectivity index is 1.69. The minimum atomic E-state index is -4.85. The van der Waals surface area contributed by atoms with Crippen LogP contribution in [0.15, 0.2) is 18.2 Å². The second-order valence-corrected chi connectivity index (χ2v) is 5.91. The summed E-state index contributed by atoms with van der Waals surface area (Å²) in [5.41, 5.74) is -1.60. The van der Waals surface area contributed by atoms with Crippen LogP contribution in [0.5, 0.6) is 0 Å². The zero-order chi connectivity index (χ0) is 18.2. The maximum absolute atomic E-state index is 13.3. The van der Waals surface area contributed by atoms with Crippen molar-refractivity contribution in [2.45, 2.75) is 12.2 Å². The second kappa shape index (κ2) is 6.51. The number of carbonyl (C=O) groups excluding carboxylic acids is 2. The quantitative estimate of drug-likeness (QED) is 0.746. The van der Waals surface area contributed by atoms with Crippen LogP contribution in [0.1, 0.15) is 5.56 Å². The molecule has 6 nitrogen and oxygen atoms in total. The van der Waals surface area contributed by atoms with Gasteiger partial charge >= 0.3 is 12.2 Å². The fraction of sp³-hybridized carbons (Fsp3) is 0.467. The van der Waals surface area contributed by atoms with Crippen molar-refractivity contribution in [2.24, 2.45) is 0 Å². The summed E-state index contributed by atoms with van der Waals surface area (Å²) in [4.78, 5) is 27.5. The molecule has 3 amide bonds. The van der Waals surface area contributed by atoms with Crippen molar-refractivity contribution >= 4 is 17.6 Å². The van der Waals surface area contributed by atoms with Gasteiger partial charge in [0, 0.05) is 38.4 Å². The van der Waals surface area contributed by atoms with Crippen molar-refractivity contribution in [3.63, 3.8) is 0 Å². The van der Waals surface area contributed by atoms with E-state index >= 15 is 0 Å². The Morgan fingerprint density at radius 1 is 1.24 bits per heavy atom. The maximum atomic E-state index is 13.3. The van der Waals surface area contributed by atoms with E-state index in [0.29, 0.717) is 38.3 Å². The topological polar surface area (TPSA) is 64.7 Å². The molecule has 1 atom stereocenters. The van der Waals surface area contributed by atoms with E-state index in [1.165, 1.54) is 4.90 Å². The summed E-state index contributed by atoms with van der Waals surface area (Å²) in [7, 11) is 0. The summed E-state index contributed by atoms with van der Waals surface area (Å²) in [6.07, 6.45) is -4.85. The molecule has 0 unspecified atom stereocenters. The first-order chi connectivity index (χ1) is 11.8. The van der Waals surface area contributed by atoms with Crippen LogP contribution < -0.4 is 10.6 Å². The molecule has 2 fully saturated rings. The van der Waals surface area contributed by atoms with Gasteiger partial charge in [0.25, 0.3) is 0 Å². The Hall–Kier alpha value is -2.36. The summed E-state index contributed by atoms with van der Waals surface area (Å²) in [6, 6.07) is 1.18. The van der Waals surface area contributed by atoms with Gasteiger partial charge in [-0.3, -0.25) is 9.69 Å². The molecule has 2 N–H and O–H groups in total. The van der Waals surface area contributed by atoms with Crippen LogP contribution in [0, 0.1) is 5.82 Å². The lowest BCUT2D eigenvalue weighted by atomic mass is 10.1. The van der Waals surface area contributed by atoms with Crippen LogP contribution in [-0.2, 0) is 11.0 Å². The number of hydrogen-bond acceptors (Lipinski definition) is 3. The number of carbonyl (C=O) groups is 2. The first-order valence-corrected chi connectivity index (χ1v) is 7.70. The molecule has 0 spiro atoms. The normalized spacial score (nSPS) is 21.5. The van der Waals surface area contributed by atoms with Crippen LogP contribution in [0.3, 0.4) is 0 Å². The van der Waals surface area contributed by atoms with Crippen molar-refractivity contribution in [2.75, 3.05) is 38.0 Å². The highest BCUT2D eigenvalue weighted by Gasteiger charge is 2.37. The number of rotatable bonds is 1. The van der Waals surface area contributed by atoms with E-state index < -0.39 is 29.6 Å². The highest BCUT2D eigenvalue weighted by molar-refractivity contribution is 5.90. The Kier molecular flexibility index (Phi) is 4.55. The molecular weight excluding hydrogens is 344 g/mol. The average Bonchev–Trinajstić information content (AvgIpc) is 2.55. The van der Waals surface area contributed by atoms with Crippen LogP contribution in [0.2, 0.25) is 0 Å². The van der Waals surface area contributed by atoms with E-state index in [-0.39, 0.29) is 18.1 Å². The Morgan fingerprint density at radius 2 is 2.00 bits per heavy atom. The molecule has 0 radical (unpaired) electrons. The number of alkyl halides is 3. The Bertz CT molecular complexity index is 695. The third-order valence-electron chi connectivity index (χ3n) is 4.30. The lowest BCUT2D eigenvalue weighted by Crippen LogP contribution is -2.64. The molecule has 2 aliphatic rings. The van der Waals surface area contributed by atoms with Crippen molar-refractivity contribution in [3.05, 3.63) is 29.6 Å². The van der Waals surface area contributed by atoms with Gasteiger partial charge in [-0.05, 0) is 18.2 Å². The van der Waals surface area contributed by atoms with Crippen molar-refractivity contribution < 1.29 is 27.2 Å². The fourth-order valence-corrected chi connectivity index (χ4v) is 2.98. The fourth-order valence-electron chi connectivity index (χ4n) is 2.98. The van der Waals surface area contributed by atoms with Gasteiger partial charge in [0.15, 0.2) is 0 Å². The molecule has 1 aromatic rings. The Morgan fingerprint density at radius 3 is 2.72 bits per heavy atom. The van der Waals surface area contributed by atoms with E-state index in [1.807, 2.05) is 4.90 Å². The van der Waals surface area contributed by atoms with E-state index in [2.05, 4.69) is 10.6 Å². The number of piperazine rings is 2. The smallest absolute Gasteiger partial charge is 0.353 e. The molecule has 2 heterocycles. The number of anilines is 1. The largest absolute Gasteiger partial charge is 0.419 e. The molecule has 3 rings (SSSR count). The van der Waals surface area contributed by atoms with Crippen molar-refractivity contribution in [1.29, 1.82) is 0 Å². The van der Waals surface area contributed by atoms with Gasteiger partial charge in [0.2, 0.25) is 5.91 Å². The number of nitrogens with one attached hydrogen (secondary N) is 2. The summed E-state index contributed by atoms with van der Waals surface area (Å²) < 4.78 is 51.5. The monoisotopic (exact) mass is 360 g/mol. The maximum Gasteiger partial charge on any atom is 0.419 e. The highest BCUT2D eigenvalue weighted by Crippen LogP contribution is 2.33. The molecule has 1 aromatic carbocycles. The molecule has 2 aliphatic heterocycles. The number of hydrogen-bond donors (Lipinski definition) is 2. The van der Waals surface area contributed by atoms with E-state index in [0.717, 1.165) is 6.07 Å². The lowest BCUT2D eigenvalue weighted by molar-refractivity contribution is -0.140. The third-order valence-corrected chi connectivity index (χ3v) is 4.30. The van der Waals surface area contributed by atoms with E-state index in [1.54, 1.807) is 0 Å². The molecular formula is C15H16F4N4O2. The molecule has 0 saturated carbocycles. The number of nitrogens with zero attached hydrogens (tertiary/aromatic N) is 2. The first kappa shape index (κ1) is 17.5. The van der Waals surface area contributed by atoms with E-state index in [4.69, 9.17) is 0 Å². The number of fused-ring (bicyclic) bond motifs is 1. The summed E-state index contributed by atoms with van der Waals surface area (Å²) in [6.45, 7) is 2.24. The van der Waals surface area contributed by atoms with Crippen molar-refractivity contribution in [1.82, 2.24) is 15.1 Å². The average molecular weight is 360 g/mol. The predicted octanol–water partition coefficient (Wildman–Crippen LogP) is 1.49. The second-order valence-electron chi connectivity index (χ2n) is 5.91. The van der Waals surface area contributed by atoms with Crippen LogP contribution in [-0.4, -0.2) is 60.5 Å². The standard InChI is InChI=1S/C15H16F4N4O2/c16-11-2-1-9(7-10(11)15(17,18)19)21-14(25)23-6-5-22-4-3-20-13(24)12(22)8-23/h1-2,7,12H,3-6,8H2,(H,20,24)(H,21,25)/t12-/m0/s1. The van der Waals surface area contributed by atoms with Crippen LogP contribution in [0.4, 0.5) is 28.0 Å². The minimum absolute atomic E-state index is 0.144. The summed E-state index contributed by atoms with van der Waals surface area (Å²) >= 11 is 0. The number of amides is 3. The number of urea groups is 1. The highest BCUT2D eigenvalue weighted by atomic mass is 19.4. The molecule has 0 aromatic heterocycles. The molecule has 0 aliphatic carbocycles. The molecule has 136 valence electrons. The van der Waals surface area contributed by atoms with Gasteiger partial charge < -0.3 is 15.5 Å². The van der Waals surface area contributed by atoms with Gasteiger partial charge in [0.05, 0.1) is 5.56 Å². The lowest BCUT2D eigenvalue weighted by Gasteiger charge is -2.42. The van der Waals surface area contributed by atoms with Crippen LogP contribution in [0.25, 0.3) is 0 Å². The summed E-state index contributed by atoms with van der Waals surface area (Å²) in [5.74, 6) is -1.58. The van der Waals surface area contributed by atoms with Gasteiger partial charge in [-0.2, -0.15) is 13.2 Å². The Labute approximate surface area is 140 Å². The van der Waals surface area contributed by atoms with Gasteiger partial charge in [-0.25, -0.2) is 9.18 Å². The van der Waals surface area contributed by atoms with Gasteiger partial charge in [-0.15, -0.1) is 0 Å². The molecule has 2 saturated heterocycles. The molecule has 10 heteroatoms. The predicted molar refractivity (Wildman–Crippen MR) is 80.4 cm³/mol. The number of halogens is 4. The third kappa shape index (κ3) is 3.68. The molecule has 25 heavy (non-hydrogen) atoms. The summed E-state index contributed by atoms with van der Waals surface area (Å²) in [5, 5.41) is 5.05. The minimum Gasteiger partial charge on any atom is -0.353 e. The number of benzene rings is 1. The van der Waals surface area contributed by atoms with Crippen molar-refractivity contribution in [3.8, 4) is 0 Å². The van der Waals surface area contributed by atoms with Crippen LogP contribution >= 0.6 is 0 Å². The zero-order valence-electron chi connectivity index (χ0n) is 13.1.